The molecule has 0 saturated carbocycles. The predicted molar refractivity (Wildman–Crippen MR) is 75.5 cm³/mol. The third-order valence-corrected chi connectivity index (χ3v) is 4.35. The van der Waals surface area contributed by atoms with Crippen molar-refractivity contribution in [2.45, 2.75) is 45.2 Å². The molecular weight excluding hydrogens is 222 g/mol. The van der Waals surface area contributed by atoms with Crippen LogP contribution in [0, 0.1) is 5.92 Å². The molecule has 0 aliphatic carbocycles. The maximum absolute atomic E-state index is 9.35. The van der Waals surface area contributed by atoms with Crippen LogP contribution in [-0.4, -0.2) is 28.7 Å². The Balaban J connectivity index is 2.13. The van der Waals surface area contributed by atoms with E-state index in [4.69, 9.17) is 0 Å². The molecule has 0 amide bonds. The summed E-state index contributed by atoms with van der Waals surface area (Å²) in [6, 6.07) is 11.1. The topological polar surface area (TPSA) is 23.5 Å². The Bertz CT molecular complexity index is 374. The van der Waals surface area contributed by atoms with E-state index in [1.807, 2.05) is 0 Å². The molecule has 1 saturated heterocycles. The molecule has 1 aliphatic heterocycles. The van der Waals surface area contributed by atoms with Crippen LogP contribution in [0.25, 0.3) is 0 Å². The summed E-state index contributed by atoms with van der Waals surface area (Å²) in [6.07, 6.45) is 2.19. The summed E-state index contributed by atoms with van der Waals surface area (Å²) in [4.78, 5) is 2.58. The maximum atomic E-state index is 9.35. The van der Waals surface area contributed by atoms with Gasteiger partial charge in [-0.25, -0.2) is 0 Å². The number of aliphatic hydroxyl groups is 1. The van der Waals surface area contributed by atoms with E-state index < -0.39 is 0 Å². The first-order valence-electron chi connectivity index (χ1n) is 6.97. The number of hydrogen-bond acceptors (Lipinski definition) is 2. The molecule has 1 aliphatic rings. The second-order valence-electron chi connectivity index (χ2n) is 6.13. The largest absolute Gasteiger partial charge is 0.396 e. The van der Waals surface area contributed by atoms with Crippen molar-refractivity contribution >= 4 is 0 Å². The summed E-state index contributed by atoms with van der Waals surface area (Å²) in [5.41, 5.74) is 1.55. The highest BCUT2D eigenvalue weighted by Crippen LogP contribution is 2.37. The van der Waals surface area contributed by atoms with Crippen molar-refractivity contribution in [3.05, 3.63) is 35.9 Å². The van der Waals surface area contributed by atoms with E-state index in [1.54, 1.807) is 0 Å². The van der Waals surface area contributed by atoms with Crippen LogP contribution < -0.4 is 0 Å². The van der Waals surface area contributed by atoms with Gasteiger partial charge in [-0.1, -0.05) is 30.3 Å². The van der Waals surface area contributed by atoms with E-state index in [0.717, 1.165) is 19.4 Å². The van der Waals surface area contributed by atoms with Gasteiger partial charge in [0, 0.05) is 18.2 Å². The average molecular weight is 247 g/mol. The Hall–Kier alpha value is -0.860. The fraction of sp³-hybridized carbons (Fsp3) is 0.625. The quantitative estimate of drug-likeness (QED) is 0.886. The van der Waals surface area contributed by atoms with Gasteiger partial charge in [0.1, 0.15) is 0 Å². The number of likely N-dealkylation sites (tertiary alicyclic amines) is 1. The molecule has 1 fully saturated rings. The molecule has 100 valence electrons. The Morgan fingerprint density at radius 3 is 2.56 bits per heavy atom. The van der Waals surface area contributed by atoms with Crippen LogP contribution in [0.15, 0.2) is 30.3 Å². The van der Waals surface area contributed by atoms with Crippen molar-refractivity contribution in [2.24, 2.45) is 5.92 Å². The number of aliphatic hydroxyl groups excluding tert-OH is 1. The molecule has 18 heavy (non-hydrogen) atoms. The molecule has 1 aromatic rings. The van der Waals surface area contributed by atoms with Crippen LogP contribution in [-0.2, 0) is 0 Å². The van der Waals surface area contributed by atoms with Gasteiger partial charge in [-0.05, 0) is 51.6 Å². The number of rotatable bonds is 3. The summed E-state index contributed by atoms with van der Waals surface area (Å²) >= 11 is 0. The Morgan fingerprint density at radius 1 is 1.33 bits per heavy atom. The third-order valence-electron chi connectivity index (χ3n) is 4.35. The van der Waals surface area contributed by atoms with Crippen LogP contribution >= 0.6 is 0 Å². The van der Waals surface area contributed by atoms with Crippen LogP contribution in [0.5, 0.6) is 0 Å². The molecule has 2 heteroatoms. The second kappa shape index (κ2) is 5.41. The van der Waals surface area contributed by atoms with Crippen LogP contribution in [0.4, 0.5) is 0 Å². The lowest BCUT2D eigenvalue weighted by molar-refractivity contribution is -0.00000959. The lowest BCUT2D eigenvalue weighted by atomic mass is 9.81. The van der Waals surface area contributed by atoms with Crippen LogP contribution in [0.1, 0.15) is 45.2 Å². The standard InChI is InChI=1S/C16H25NO/c1-13(15-7-5-4-6-8-15)17-10-9-14(12-18)11-16(17,2)3/h4-8,13-14,18H,9-12H2,1-3H3. The molecular formula is C16H25NO. The van der Waals surface area contributed by atoms with Gasteiger partial charge in [0.2, 0.25) is 0 Å². The molecule has 2 nitrogen and oxygen atoms in total. The zero-order chi connectivity index (χ0) is 13.2. The van der Waals surface area contributed by atoms with Gasteiger partial charge in [0.25, 0.3) is 0 Å². The zero-order valence-corrected chi connectivity index (χ0v) is 11.8. The first-order valence-corrected chi connectivity index (χ1v) is 6.97. The van der Waals surface area contributed by atoms with Crippen molar-refractivity contribution < 1.29 is 5.11 Å². The predicted octanol–water partition coefficient (Wildman–Crippen LogP) is 3.23. The number of nitrogens with zero attached hydrogens (tertiary/aromatic N) is 1. The van der Waals surface area contributed by atoms with Gasteiger partial charge in [-0.2, -0.15) is 0 Å². The van der Waals surface area contributed by atoms with Gasteiger partial charge < -0.3 is 5.11 Å². The SMILES string of the molecule is CC(c1ccccc1)N1CCC(CO)CC1(C)C. The highest BCUT2D eigenvalue weighted by Gasteiger charge is 2.37. The molecule has 1 aromatic carbocycles. The minimum absolute atomic E-state index is 0.168. The van der Waals surface area contributed by atoms with Gasteiger partial charge in [0.05, 0.1) is 0 Å². The molecule has 2 atom stereocenters. The molecule has 2 rings (SSSR count). The molecule has 0 bridgehead atoms. The van der Waals surface area contributed by atoms with E-state index >= 15 is 0 Å². The Labute approximate surface area is 111 Å². The average Bonchev–Trinajstić information content (AvgIpc) is 2.38. The first kappa shape index (κ1) is 13.6. The molecule has 1 heterocycles. The van der Waals surface area contributed by atoms with E-state index in [0.29, 0.717) is 18.6 Å². The smallest absolute Gasteiger partial charge is 0.0460 e. The minimum atomic E-state index is 0.168. The first-order chi connectivity index (χ1) is 8.54. The summed E-state index contributed by atoms with van der Waals surface area (Å²) < 4.78 is 0. The normalized spacial score (nSPS) is 25.9. The summed E-state index contributed by atoms with van der Waals surface area (Å²) in [5, 5.41) is 9.35. The highest BCUT2D eigenvalue weighted by molar-refractivity contribution is 5.19. The molecule has 1 N–H and O–H groups in total. The zero-order valence-electron chi connectivity index (χ0n) is 11.8. The van der Waals surface area contributed by atoms with Crippen LogP contribution in [0.2, 0.25) is 0 Å². The summed E-state index contributed by atoms with van der Waals surface area (Å²) in [5.74, 6) is 0.472. The van der Waals surface area contributed by atoms with E-state index in [9.17, 15) is 5.11 Å². The van der Waals surface area contributed by atoms with Gasteiger partial charge >= 0.3 is 0 Å². The summed E-state index contributed by atoms with van der Waals surface area (Å²) in [6.45, 7) is 8.30. The third kappa shape index (κ3) is 2.76. The fourth-order valence-corrected chi connectivity index (χ4v) is 3.34. The monoisotopic (exact) mass is 247 g/mol. The molecule has 2 unspecified atom stereocenters. The number of hydrogen-bond donors (Lipinski definition) is 1. The van der Waals surface area contributed by atoms with Crippen molar-refractivity contribution in [2.75, 3.05) is 13.2 Å². The number of piperidine rings is 1. The lowest BCUT2D eigenvalue weighted by Gasteiger charge is -2.48. The van der Waals surface area contributed by atoms with E-state index in [1.165, 1.54) is 5.56 Å². The van der Waals surface area contributed by atoms with Crippen molar-refractivity contribution in [1.29, 1.82) is 0 Å². The highest BCUT2D eigenvalue weighted by atomic mass is 16.3. The minimum Gasteiger partial charge on any atom is -0.396 e. The van der Waals surface area contributed by atoms with E-state index in [2.05, 4.69) is 56.0 Å². The lowest BCUT2D eigenvalue weighted by Crippen LogP contribution is -2.51. The Kier molecular flexibility index (Phi) is 4.08. The van der Waals surface area contributed by atoms with Crippen molar-refractivity contribution in [1.82, 2.24) is 4.90 Å². The number of benzene rings is 1. The van der Waals surface area contributed by atoms with Gasteiger partial charge in [0.15, 0.2) is 0 Å². The molecule has 0 spiro atoms. The molecule has 0 radical (unpaired) electrons. The van der Waals surface area contributed by atoms with Gasteiger partial charge in [-0.15, -0.1) is 0 Å². The van der Waals surface area contributed by atoms with Crippen molar-refractivity contribution in [3.8, 4) is 0 Å². The van der Waals surface area contributed by atoms with Crippen molar-refractivity contribution in [3.63, 3.8) is 0 Å². The van der Waals surface area contributed by atoms with E-state index in [-0.39, 0.29) is 5.54 Å². The molecule has 0 aromatic heterocycles. The maximum Gasteiger partial charge on any atom is 0.0460 e. The van der Waals surface area contributed by atoms with Crippen LogP contribution in [0.3, 0.4) is 0 Å². The summed E-state index contributed by atoms with van der Waals surface area (Å²) in [7, 11) is 0. The second-order valence-corrected chi connectivity index (χ2v) is 6.13. The van der Waals surface area contributed by atoms with Gasteiger partial charge in [-0.3, -0.25) is 4.90 Å². The fourth-order valence-electron chi connectivity index (χ4n) is 3.34. The Morgan fingerprint density at radius 2 is 2.00 bits per heavy atom.